The van der Waals surface area contributed by atoms with Gasteiger partial charge in [-0.15, -0.1) is 0 Å². The lowest BCUT2D eigenvalue weighted by molar-refractivity contribution is 0.242. The third kappa shape index (κ3) is 2.14. The second-order valence-corrected chi connectivity index (χ2v) is 3.08. The Labute approximate surface area is 74.4 Å². The van der Waals surface area contributed by atoms with Gasteiger partial charge in [0.1, 0.15) is 5.76 Å². The number of allylic oxidation sites excluding steroid dienone is 2. The Morgan fingerprint density at radius 3 is 2.33 bits per heavy atom. The summed E-state index contributed by atoms with van der Waals surface area (Å²) in [5.74, 6) is 1.02. The first-order chi connectivity index (χ1) is 5.75. The predicted molar refractivity (Wildman–Crippen MR) is 49.8 cm³/mol. The standard InChI is InChI=1S/C9H18N2O/c1-8(9(2)12-3)11-6-4-10-5-7-11/h10H,4-7H2,1-3H3/b9-8-. The summed E-state index contributed by atoms with van der Waals surface area (Å²) in [6, 6.07) is 0. The van der Waals surface area contributed by atoms with Crippen molar-refractivity contribution in [2.75, 3.05) is 33.3 Å². The van der Waals surface area contributed by atoms with E-state index in [1.54, 1.807) is 7.11 Å². The van der Waals surface area contributed by atoms with Gasteiger partial charge < -0.3 is 15.0 Å². The fourth-order valence-electron chi connectivity index (χ4n) is 1.37. The van der Waals surface area contributed by atoms with E-state index in [4.69, 9.17) is 4.74 Å². The SMILES string of the molecule is CO/C(C)=C(/C)N1CCNCC1. The average molecular weight is 170 g/mol. The van der Waals surface area contributed by atoms with Gasteiger partial charge in [0, 0.05) is 31.9 Å². The van der Waals surface area contributed by atoms with E-state index in [-0.39, 0.29) is 0 Å². The molecule has 1 aliphatic rings. The van der Waals surface area contributed by atoms with Crippen LogP contribution in [0, 0.1) is 0 Å². The number of nitrogens with zero attached hydrogens (tertiary/aromatic N) is 1. The smallest absolute Gasteiger partial charge is 0.111 e. The van der Waals surface area contributed by atoms with Crippen molar-refractivity contribution >= 4 is 0 Å². The Bertz CT molecular complexity index is 171. The summed E-state index contributed by atoms with van der Waals surface area (Å²) >= 11 is 0. The van der Waals surface area contributed by atoms with Gasteiger partial charge in [-0.3, -0.25) is 0 Å². The van der Waals surface area contributed by atoms with E-state index in [9.17, 15) is 0 Å². The van der Waals surface area contributed by atoms with Crippen molar-refractivity contribution in [1.82, 2.24) is 10.2 Å². The normalized spacial score (nSPS) is 20.4. The van der Waals surface area contributed by atoms with Gasteiger partial charge in [0.05, 0.1) is 7.11 Å². The Morgan fingerprint density at radius 1 is 1.25 bits per heavy atom. The molecule has 1 heterocycles. The average Bonchev–Trinajstić information content (AvgIpc) is 2.17. The Kier molecular flexibility index (Phi) is 3.41. The summed E-state index contributed by atoms with van der Waals surface area (Å²) in [6.45, 7) is 8.46. The lowest BCUT2D eigenvalue weighted by atomic mass is 10.3. The van der Waals surface area contributed by atoms with Crippen LogP contribution in [0.1, 0.15) is 13.8 Å². The molecule has 1 saturated heterocycles. The van der Waals surface area contributed by atoms with E-state index in [2.05, 4.69) is 17.1 Å². The van der Waals surface area contributed by atoms with Crippen LogP contribution in [0.2, 0.25) is 0 Å². The second kappa shape index (κ2) is 4.36. The minimum Gasteiger partial charge on any atom is -0.500 e. The van der Waals surface area contributed by atoms with Crippen molar-refractivity contribution in [2.24, 2.45) is 0 Å². The minimum atomic E-state index is 1.02. The van der Waals surface area contributed by atoms with Crippen LogP contribution < -0.4 is 5.32 Å². The van der Waals surface area contributed by atoms with Crippen molar-refractivity contribution in [3.8, 4) is 0 Å². The minimum absolute atomic E-state index is 1.02. The Balaban J connectivity index is 2.55. The Hall–Kier alpha value is -0.700. The van der Waals surface area contributed by atoms with Crippen LogP contribution in [0.15, 0.2) is 11.5 Å². The molecule has 0 aromatic rings. The second-order valence-electron chi connectivity index (χ2n) is 3.08. The summed E-state index contributed by atoms with van der Waals surface area (Å²) in [4.78, 5) is 2.36. The molecule has 0 aromatic carbocycles. The number of methoxy groups -OCH3 is 1. The molecule has 0 aromatic heterocycles. The highest BCUT2D eigenvalue weighted by molar-refractivity contribution is 5.03. The highest BCUT2D eigenvalue weighted by atomic mass is 16.5. The van der Waals surface area contributed by atoms with Gasteiger partial charge in [-0.05, 0) is 13.8 Å². The van der Waals surface area contributed by atoms with E-state index >= 15 is 0 Å². The molecule has 0 bridgehead atoms. The molecular formula is C9H18N2O. The van der Waals surface area contributed by atoms with Crippen molar-refractivity contribution < 1.29 is 4.74 Å². The summed E-state index contributed by atoms with van der Waals surface area (Å²) in [5.41, 5.74) is 1.26. The molecule has 3 heteroatoms. The number of rotatable bonds is 2. The van der Waals surface area contributed by atoms with Crippen LogP contribution >= 0.6 is 0 Å². The summed E-state index contributed by atoms with van der Waals surface area (Å²) in [5, 5.41) is 3.32. The number of ether oxygens (including phenoxy) is 1. The third-order valence-electron chi connectivity index (χ3n) is 2.41. The van der Waals surface area contributed by atoms with Crippen LogP contribution in [-0.2, 0) is 4.74 Å². The quantitative estimate of drug-likeness (QED) is 0.620. The van der Waals surface area contributed by atoms with Crippen molar-refractivity contribution in [3.63, 3.8) is 0 Å². The van der Waals surface area contributed by atoms with Crippen LogP contribution in [0.25, 0.3) is 0 Å². The zero-order valence-electron chi connectivity index (χ0n) is 8.18. The van der Waals surface area contributed by atoms with Gasteiger partial charge in [-0.1, -0.05) is 0 Å². The molecule has 3 nitrogen and oxygen atoms in total. The van der Waals surface area contributed by atoms with E-state index in [1.807, 2.05) is 6.92 Å². The van der Waals surface area contributed by atoms with Crippen LogP contribution in [0.4, 0.5) is 0 Å². The first-order valence-electron chi connectivity index (χ1n) is 4.43. The largest absolute Gasteiger partial charge is 0.500 e. The third-order valence-corrected chi connectivity index (χ3v) is 2.41. The highest BCUT2D eigenvalue weighted by Crippen LogP contribution is 2.10. The van der Waals surface area contributed by atoms with Crippen molar-refractivity contribution in [3.05, 3.63) is 11.5 Å². The number of nitrogens with one attached hydrogen (secondary N) is 1. The monoisotopic (exact) mass is 170 g/mol. The van der Waals surface area contributed by atoms with Crippen LogP contribution in [0.3, 0.4) is 0 Å². The maximum Gasteiger partial charge on any atom is 0.111 e. The molecule has 0 atom stereocenters. The number of piperazine rings is 1. The van der Waals surface area contributed by atoms with E-state index < -0.39 is 0 Å². The predicted octanol–water partition coefficient (Wildman–Crippen LogP) is 0.789. The first kappa shape index (κ1) is 9.39. The molecule has 0 radical (unpaired) electrons. The lowest BCUT2D eigenvalue weighted by Crippen LogP contribution is -2.42. The molecule has 0 unspecified atom stereocenters. The van der Waals surface area contributed by atoms with Gasteiger partial charge in [-0.25, -0.2) is 0 Å². The van der Waals surface area contributed by atoms with Gasteiger partial charge >= 0.3 is 0 Å². The molecule has 12 heavy (non-hydrogen) atoms. The fraction of sp³-hybridized carbons (Fsp3) is 0.778. The number of hydrogen-bond donors (Lipinski definition) is 1. The molecule has 1 aliphatic heterocycles. The summed E-state index contributed by atoms with van der Waals surface area (Å²) < 4.78 is 5.18. The molecule has 0 amide bonds. The highest BCUT2D eigenvalue weighted by Gasteiger charge is 2.11. The molecule has 70 valence electrons. The number of hydrogen-bond acceptors (Lipinski definition) is 3. The summed E-state index contributed by atoms with van der Waals surface area (Å²) in [7, 11) is 1.72. The van der Waals surface area contributed by atoms with Crippen molar-refractivity contribution in [2.45, 2.75) is 13.8 Å². The van der Waals surface area contributed by atoms with Crippen LogP contribution in [0.5, 0.6) is 0 Å². The molecular weight excluding hydrogens is 152 g/mol. The summed E-state index contributed by atoms with van der Waals surface area (Å²) in [6.07, 6.45) is 0. The van der Waals surface area contributed by atoms with Gasteiger partial charge in [0.2, 0.25) is 0 Å². The van der Waals surface area contributed by atoms with E-state index in [0.29, 0.717) is 0 Å². The first-order valence-corrected chi connectivity index (χ1v) is 4.43. The molecule has 1 rings (SSSR count). The lowest BCUT2D eigenvalue weighted by Gasteiger charge is -2.30. The Morgan fingerprint density at radius 2 is 1.83 bits per heavy atom. The fourth-order valence-corrected chi connectivity index (χ4v) is 1.37. The maximum atomic E-state index is 5.18. The van der Waals surface area contributed by atoms with Crippen molar-refractivity contribution in [1.29, 1.82) is 0 Å². The van der Waals surface area contributed by atoms with Gasteiger partial charge in [0.15, 0.2) is 0 Å². The topological polar surface area (TPSA) is 24.5 Å². The molecule has 0 spiro atoms. The maximum absolute atomic E-state index is 5.18. The zero-order valence-corrected chi connectivity index (χ0v) is 8.18. The van der Waals surface area contributed by atoms with Gasteiger partial charge in [0.25, 0.3) is 0 Å². The van der Waals surface area contributed by atoms with E-state index in [1.165, 1.54) is 5.70 Å². The van der Waals surface area contributed by atoms with Crippen LogP contribution in [-0.4, -0.2) is 38.2 Å². The molecule has 0 aliphatic carbocycles. The molecule has 1 N–H and O–H groups in total. The van der Waals surface area contributed by atoms with E-state index in [0.717, 1.165) is 31.9 Å². The molecule has 1 fully saturated rings. The van der Waals surface area contributed by atoms with Gasteiger partial charge in [-0.2, -0.15) is 0 Å². The molecule has 0 saturated carbocycles. The zero-order chi connectivity index (χ0) is 8.97.